The predicted molar refractivity (Wildman–Crippen MR) is 63.2 cm³/mol. The molecule has 1 aromatic rings. The van der Waals surface area contributed by atoms with Crippen LogP contribution in [0, 0.1) is 0 Å². The molecule has 86 valence electrons. The van der Waals surface area contributed by atoms with Crippen molar-refractivity contribution in [2.75, 3.05) is 6.26 Å². The Hall–Kier alpha value is -1.62. The van der Waals surface area contributed by atoms with Crippen molar-refractivity contribution in [3.63, 3.8) is 0 Å². The Balaban J connectivity index is 2.66. The summed E-state index contributed by atoms with van der Waals surface area (Å²) in [4.78, 5) is 11.3. The molecular formula is C11H13NO3S. The summed E-state index contributed by atoms with van der Waals surface area (Å²) in [6.07, 6.45) is 2.69. The van der Waals surface area contributed by atoms with E-state index in [1.54, 1.807) is 18.2 Å². The van der Waals surface area contributed by atoms with Crippen LogP contribution >= 0.6 is 0 Å². The molecule has 1 N–H and O–H groups in total. The molecule has 0 radical (unpaired) electrons. The van der Waals surface area contributed by atoms with Crippen LogP contribution in [-0.4, -0.2) is 20.6 Å². The molecule has 0 unspecified atom stereocenters. The van der Waals surface area contributed by atoms with E-state index in [0.717, 1.165) is 17.4 Å². The first-order valence-corrected chi connectivity index (χ1v) is 6.52. The lowest BCUT2D eigenvalue weighted by Gasteiger charge is -2.03. The van der Waals surface area contributed by atoms with Crippen molar-refractivity contribution >= 4 is 22.0 Å². The van der Waals surface area contributed by atoms with Gasteiger partial charge in [-0.05, 0) is 11.1 Å². The van der Waals surface area contributed by atoms with Gasteiger partial charge < -0.3 is 0 Å². The van der Waals surface area contributed by atoms with Crippen molar-refractivity contribution in [2.45, 2.75) is 6.42 Å². The highest BCUT2D eigenvalue weighted by Crippen LogP contribution is 2.06. The van der Waals surface area contributed by atoms with Crippen molar-refractivity contribution in [2.24, 2.45) is 0 Å². The smallest absolute Gasteiger partial charge is 0.237 e. The number of rotatable bonds is 4. The maximum absolute atomic E-state index is 11.3. The molecule has 0 bridgehead atoms. The number of benzene rings is 1. The van der Waals surface area contributed by atoms with Crippen LogP contribution in [0.15, 0.2) is 30.8 Å². The van der Waals surface area contributed by atoms with Gasteiger partial charge in [0.05, 0.1) is 12.7 Å². The molecular weight excluding hydrogens is 226 g/mol. The van der Waals surface area contributed by atoms with Gasteiger partial charge in [0.25, 0.3) is 0 Å². The number of hydrogen-bond acceptors (Lipinski definition) is 3. The van der Waals surface area contributed by atoms with Gasteiger partial charge in [-0.15, -0.1) is 0 Å². The second kappa shape index (κ2) is 4.94. The highest BCUT2D eigenvalue weighted by atomic mass is 32.2. The monoisotopic (exact) mass is 239 g/mol. The topological polar surface area (TPSA) is 63.2 Å². The van der Waals surface area contributed by atoms with Crippen molar-refractivity contribution in [3.8, 4) is 0 Å². The summed E-state index contributed by atoms with van der Waals surface area (Å²) < 4.78 is 23.5. The molecule has 0 aliphatic carbocycles. The molecule has 0 saturated heterocycles. The first-order valence-electron chi connectivity index (χ1n) is 4.63. The van der Waals surface area contributed by atoms with Crippen LogP contribution in [0.4, 0.5) is 0 Å². The highest BCUT2D eigenvalue weighted by molar-refractivity contribution is 7.89. The number of amides is 1. The van der Waals surface area contributed by atoms with Gasteiger partial charge in [0, 0.05) is 0 Å². The summed E-state index contributed by atoms with van der Waals surface area (Å²) in [5, 5.41) is 0. The molecule has 0 aromatic heterocycles. The Morgan fingerprint density at radius 2 is 1.94 bits per heavy atom. The largest absolute Gasteiger partial charge is 0.274 e. The lowest BCUT2D eigenvalue weighted by Crippen LogP contribution is -2.30. The van der Waals surface area contributed by atoms with Gasteiger partial charge in [0.2, 0.25) is 15.9 Å². The minimum absolute atomic E-state index is 0.0461. The maximum atomic E-state index is 11.3. The average molecular weight is 239 g/mol. The molecule has 0 fully saturated rings. The second-order valence-electron chi connectivity index (χ2n) is 3.42. The van der Waals surface area contributed by atoms with Crippen LogP contribution in [0.5, 0.6) is 0 Å². The summed E-state index contributed by atoms with van der Waals surface area (Å²) in [7, 11) is -3.47. The lowest BCUT2D eigenvalue weighted by molar-refractivity contribution is -0.118. The van der Waals surface area contributed by atoms with Gasteiger partial charge in [-0.2, -0.15) is 0 Å². The lowest BCUT2D eigenvalue weighted by atomic mass is 10.1. The van der Waals surface area contributed by atoms with Crippen molar-refractivity contribution in [1.29, 1.82) is 0 Å². The van der Waals surface area contributed by atoms with Crippen molar-refractivity contribution < 1.29 is 13.2 Å². The summed E-state index contributed by atoms with van der Waals surface area (Å²) in [5.41, 5.74) is 1.71. The maximum Gasteiger partial charge on any atom is 0.237 e. The van der Waals surface area contributed by atoms with Gasteiger partial charge in [0.15, 0.2) is 0 Å². The SMILES string of the molecule is C=Cc1ccc(CC(=O)NS(C)(=O)=O)cc1. The number of carbonyl (C=O) groups excluding carboxylic acids is 1. The third-order valence-corrected chi connectivity index (χ3v) is 2.48. The van der Waals surface area contributed by atoms with Crippen LogP contribution < -0.4 is 4.72 Å². The number of hydrogen-bond donors (Lipinski definition) is 1. The van der Waals surface area contributed by atoms with Gasteiger partial charge in [-0.1, -0.05) is 36.9 Å². The summed E-state index contributed by atoms with van der Waals surface area (Å²) >= 11 is 0. The zero-order chi connectivity index (χ0) is 12.2. The Bertz CT molecular complexity index is 488. The van der Waals surface area contributed by atoms with Gasteiger partial charge in [-0.3, -0.25) is 9.52 Å². The Kier molecular flexibility index (Phi) is 3.84. The quantitative estimate of drug-likeness (QED) is 0.850. The average Bonchev–Trinajstić information content (AvgIpc) is 2.16. The Labute approximate surface area is 95.0 Å². The van der Waals surface area contributed by atoms with Crippen LogP contribution in [-0.2, 0) is 21.2 Å². The van der Waals surface area contributed by atoms with Crippen LogP contribution in [0.1, 0.15) is 11.1 Å². The second-order valence-corrected chi connectivity index (χ2v) is 5.17. The summed E-state index contributed by atoms with van der Waals surface area (Å²) in [5.74, 6) is -0.533. The number of nitrogens with one attached hydrogen (secondary N) is 1. The van der Waals surface area contributed by atoms with E-state index in [1.807, 2.05) is 16.9 Å². The zero-order valence-corrected chi connectivity index (χ0v) is 9.75. The molecule has 5 heteroatoms. The molecule has 0 saturated carbocycles. The predicted octanol–water partition coefficient (Wildman–Crippen LogP) is 0.948. The minimum atomic E-state index is -3.47. The third-order valence-electron chi connectivity index (χ3n) is 1.88. The molecule has 16 heavy (non-hydrogen) atoms. The van der Waals surface area contributed by atoms with Crippen LogP contribution in [0.3, 0.4) is 0 Å². The van der Waals surface area contributed by atoms with Gasteiger partial charge in [-0.25, -0.2) is 8.42 Å². The first-order chi connectivity index (χ1) is 7.40. The molecule has 1 amide bonds. The van der Waals surface area contributed by atoms with Crippen LogP contribution in [0.2, 0.25) is 0 Å². The number of sulfonamides is 1. The normalized spacial score (nSPS) is 10.8. The van der Waals surface area contributed by atoms with E-state index in [1.165, 1.54) is 0 Å². The van der Waals surface area contributed by atoms with E-state index < -0.39 is 15.9 Å². The Morgan fingerprint density at radius 1 is 1.38 bits per heavy atom. The summed E-state index contributed by atoms with van der Waals surface area (Å²) in [6, 6.07) is 7.16. The summed E-state index contributed by atoms with van der Waals surface area (Å²) in [6.45, 7) is 3.61. The Morgan fingerprint density at radius 3 is 2.38 bits per heavy atom. The van der Waals surface area contributed by atoms with Gasteiger partial charge >= 0.3 is 0 Å². The molecule has 0 aliphatic rings. The molecule has 0 spiro atoms. The molecule has 1 rings (SSSR count). The molecule has 0 atom stereocenters. The van der Waals surface area contributed by atoms with E-state index >= 15 is 0 Å². The van der Waals surface area contributed by atoms with E-state index in [-0.39, 0.29) is 6.42 Å². The first kappa shape index (κ1) is 12.4. The van der Waals surface area contributed by atoms with E-state index in [9.17, 15) is 13.2 Å². The third kappa shape index (κ3) is 4.27. The van der Waals surface area contributed by atoms with Gasteiger partial charge in [0.1, 0.15) is 0 Å². The van der Waals surface area contributed by atoms with E-state index in [2.05, 4.69) is 6.58 Å². The highest BCUT2D eigenvalue weighted by Gasteiger charge is 2.08. The standard InChI is InChI=1S/C11H13NO3S/c1-3-9-4-6-10(7-5-9)8-11(13)12-16(2,14)15/h3-7H,1,8H2,2H3,(H,12,13). The van der Waals surface area contributed by atoms with E-state index in [4.69, 9.17) is 0 Å². The fraction of sp³-hybridized carbons (Fsp3) is 0.182. The minimum Gasteiger partial charge on any atom is -0.274 e. The molecule has 1 aromatic carbocycles. The van der Waals surface area contributed by atoms with Crippen LogP contribution in [0.25, 0.3) is 6.08 Å². The van der Waals surface area contributed by atoms with Crippen molar-refractivity contribution in [1.82, 2.24) is 4.72 Å². The number of carbonyl (C=O) groups is 1. The van der Waals surface area contributed by atoms with E-state index in [0.29, 0.717) is 0 Å². The fourth-order valence-electron chi connectivity index (χ4n) is 1.20. The fourth-order valence-corrected chi connectivity index (χ4v) is 1.69. The molecule has 0 aliphatic heterocycles. The molecule has 4 nitrogen and oxygen atoms in total. The zero-order valence-electron chi connectivity index (χ0n) is 8.93. The molecule has 0 heterocycles. The van der Waals surface area contributed by atoms with Crippen molar-refractivity contribution in [3.05, 3.63) is 42.0 Å².